The van der Waals surface area contributed by atoms with Gasteiger partial charge in [-0.05, 0) is 49.2 Å². The molecule has 0 unspecified atom stereocenters. The molecule has 8 nitrogen and oxygen atoms in total. The van der Waals surface area contributed by atoms with Gasteiger partial charge in [0, 0.05) is 18.7 Å². The molecule has 0 aromatic heterocycles. The molecule has 29 heavy (non-hydrogen) atoms. The average Bonchev–Trinajstić information content (AvgIpc) is 3.26. The van der Waals surface area contributed by atoms with Crippen LogP contribution in [-0.2, 0) is 9.53 Å². The Morgan fingerprint density at radius 1 is 1.07 bits per heavy atom. The Labute approximate surface area is 168 Å². The van der Waals surface area contributed by atoms with Gasteiger partial charge in [0.25, 0.3) is 5.91 Å². The first-order valence-corrected chi connectivity index (χ1v) is 9.28. The van der Waals surface area contributed by atoms with E-state index in [1.54, 1.807) is 30.3 Å². The molecule has 8 heteroatoms. The summed E-state index contributed by atoms with van der Waals surface area (Å²) in [7, 11) is 1.31. The zero-order valence-electron chi connectivity index (χ0n) is 16.1. The predicted octanol–water partition coefficient (Wildman–Crippen LogP) is 2.19. The zero-order chi connectivity index (χ0) is 20.8. The number of nitrogens with two attached hydrogens (primary N) is 1. The van der Waals surface area contributed by atoms with Crippen molar-refractivity contribution in [3.05, 3.63) is 53.6 Å². The fraction of sp³-hybridized carbons (Fsp3) is 0.286. The number of carbonyl (C=O) groups excluding carboxylic acids is 3. The molecule has 152 valence electrons. The summed E-state index contributed by atoms with van der Waals surface area (Å²) < 4.78 is 10.2. The smallest absolute Gasteiger partial charge is 0.337 e. The number of hydrogen-bond donors (Lipinski definition) is 2. The van der Waals surface area contributed by atoms with Crippen LogP contribution in [0.5, 0.6) is 5.75 Å². The van der Waals surface area contributed by atoms with Gasteiger partial charge in [0.2, 0.25) is 5.91 Å². The van der Waals surface area contributed by atoms with Crippen LogP contribution in [0.4, 0.5) is 11.4 Å². The Kier molecular flexibility index (Phi) is 6.33. The number of esters is 1. The van der Waals surface area contributed by atoms with Crippen LogP contribution in [0, 0.1) is 0 Å². The van der Waals surface area contributed by atoms with Crippen LogP contribution in [0.2, 0.25) is 0 Å². The molecule has 2 aromatic rings. The number of benzene rings is 2. The third-order valence-corrected chi connectivity index (χ3v) is 4.63. The van der Waals surface area contributed by atoms with E-state index in [1.807, 2.05) is 6.07 Å². The molecule has 1 saturated heterocycles. The molecule has 0 bridgehead atoms. The van der Waals surface area contributed by atoms with E-state index < -0.39 is 17.8 Å². The van der Waals surface area contributed by atoms with Gasteiger partial charge in [0.15, 0.2) is 6.61 Å². The van der Waals surface area contributed by atoms with Gasteiger partial charge in [-0.25, -0.2) is 4.79 Å². The van der Waals surface area contributed by atoms with Crippen LogP contribution in [0.3, 0.4) is 0 Å². The molecular weight excluding hydrogens is 374 g/mol. The molecule has 3 rings (SSSR count). The monoisotopic (exact) mass is 397 g/mol. The van der Waals surface area contributed by atoms with Crippen LogP contribution in [-0.4, -0.2) is 44.6 Å². The average molecular weight is 397 g/mol. The van der Waals surface area contributed by atoms with Crippen molar-refractivity contribution in [2.75, 3.05) is 37.0 Å². The third kappa shape index (κ3) is 5.04. The summed E-state index contributed by atoms with van der Waals surface area (Å²) in [4.78, 5) is 37.7. The molecule has 2 amide bonds. The number of ether oxygens (including phenoxy) is 2. The Morgan fingerprint density at radius 2 is 1.83 bits per heavy atom. The van der Waals surface area contributed by atoms with E-state index in [-0.39, 0.29) is 6.61 Å². The number of anilines is 2. The van der Waals surface area contributed by atoms with Crippen LogP contribution in [0.15, 0.2) is 42.5 Å². The van der Waals surface area contributed by atoms with E-state index in [0.717, 1.165) is 31.6 Å². The van der Waals surface area contributed by atoms with Crippen molar-refractivity contribution in [1.29, 1.82) is 0 Å². The Balaban J connectivity index is 1.73. The van der Waals surface area contributed by atoms with Gasteiger partial charge < -0.3 is 25.4 Å². The van der Waals surface area contributed by atoms with Crippen molar-refractivity contribution >= 4 is 29.2 Å². The van der Waals surface area contributed by atoms with Gasteiger partial charge in [-0.15, -0.1) is 0 Å². The molecule has 1 fully saturated rings. The molecule has 3 N–H and O–H groups in total. The minimum Gasteiger partial charge on any atom is -0.484 e. The Hall–Kier alpha value is -3.55. The molecule has 0 radical (unpaired) electrons. The van der Waals surface area contributed by atoms with Crippen LogP contribution in [0.1, 0.15) is 33.6 Å². The van der Waals surface area contributed by atoms with E-state index in [9.17, 15) is 14.4 Å². The van der Waals surface area contributed by atoms with Crippen LogP contribution >= 0.6 is 0 Å². The summed E-state index contributed by atoms with van der Waals surface area (Å²) in [5, 5.41) is 2.81. The van der Waals surface area contributed by atoms with Crippen molar-refractivity contribution in [2.24, 2.45) is 5.73 Å². The zero-order valence-corrected chi connectivity index (χ0v) is 16.1. The lowest BCUT2D eigenvalue weighted by Gasteiger charge is -2.22. The fourth-order valence-electron chi connectivity index (χ4n) is 3.19. The maximum atomic E-state index is 12.5. The summed E-state index contributed by atoms with van der Waals surface area (Å²) in [5.41, 5.74) is 7.26. The number of nitrogens with zero attached hydrogens (tertiary/aromatic N) is 1. The molecule has 1 aliphatic rings. The first kappa shape index (κ1) is 20.2. The van der Waals surface area contributed by atoms with Gasteiger partial charge >= 0.3 is 5.97 Å². The van der Waals surface area contributed by atoms with Crippen molar-refractivity contribution in [3.63, 3.8) is 0 Å². The molecule has 1 aliphatic heterocycles. The quantitative estimate of drug-likeness (QED) is 0.693. The summed E-state index contributed by atoms with van der Waals surface area (Å²) in [5.74, 6) is -1.08. The second-order valence-electron chi connectivity index (χ2n) is 6.65. The molecule has 0 saturated carbocycles. The van der Waals surface area contributed by atoms with Crippen molar-refractivity contribution in [1.82, 2.24) is 0 Å². The molecule has 0 atom stereocenters. The highest BCUT2D eigenvalue weighted by molar-refractivity contribution is 5.98. The lowest BCUT2D eigenvalue weighted by atomic mass is 10.1. The number of primary amides is 1. The van der Waals surface area contributed by atoms with Crippen LogP contribution < -0.4 is 20.7 Å². The highest BCUT2D eigenvalue weighted by Crippen LogP contribution is 2.30. The first-order chi connectivity index (χ1) is 14.0. The molecule has 1 heterocycles. The first-order valence-electron chi connectivity index (χ1n) is 9.28. The predicted molar refractivity (Wildman–Crippen MR) is 108 cm³/mol. The van der Waals surface area contributed by atoms with Crippen molar-refractivity contribution in [2.45, 2.75) is 12.8 Å². The SMILES string of the molecule is COC(=O)c1ccc(N2CCCC2)c(NC(=O)COc2cccc(C(N)=O)c2)c1. The summed E-state index contributed by atoms with van der Waals surface area (Å²) in [6, 6.07) is 11.4. The fourth-order valence-corrected chi connectivity index (χ4v) is 3.19. The topological polar surface area (TPSA) is 111 Å². The van der Waals surface area contributed by atoms with E-state index in [4.69, 9.17) is 15.2 Å². The molecular formula is C21H23N3O5. The molecule has 2 aromatic carbocycles. The Morgan fingerprint density at radius 3 is 2.52 bits per heavy atom. The second-order valence-corrected chi connectivity index (χ2v) is 6.65. The standard InChI is InChI=1S/C21H23N3O5/c1-28-21(27)15-7-8-18(24-9-2-3-10-24)17(12-15)23-19(25)13-29-16-6-4-5-14(11-16)20(22)26/h4-8,11-12H,2-3,9-10,13H2,1H3,(H2,22,26)(H,23,25). The Bertz CT molecular complexity index is 922. The molecule has 0 aliphatic carbocycles. The summed E-state index contributed by atoms with van der Waals surface area (Å²) >= 11 is 0. The van der Waals surface area contributed by atoms with Gasteiger partial charge in [-0.3, -0.25) is 9.59 Å². The van der Waals surface area contributed by atoms with Crippen molar-refractivity contribution < 1.29 is 23.9 Å². The lowest BCUT2D eigenvalue weighted by Crippen LogP contribution is -2.24. The largest absolute Gasteiger partial charge is 0.484 e. The third-order valence-electron chi connectivity index (χ3n) is 4.63. The van der Waals surface area contributed by atoms with Gasteiger partial charge in [0.1, 0.15) is 5.75 Å². The van der Waals surface area contributed by atoms with Crippen molar-refractivity contribution in [3.8, 4) is 5.75 Å². The van der Waals surface area contributed by atoms with E-state index in [0.29, 0.717) is 22.6 Å². The highest BCUT2D eigenvalue weighted by Gasteiger charge is 2.19. The number of amides is 2. The van der Waals surface area contributed by atoms with Crippen LogP contribution in [0.25, 0.3) is 0 Å². The van der Waals surface area contributed by atoms with E-state index >= 15 is 0 Å². The van der Waals surface area contributed by atoms with Gasteiger partial charge in [0.05, 0.1) is 24.0 Å². The maximum Gasteiger partial charge on any atom is 0.337 e. The lowest BCUT2D eigenvalue weighted by molar-refractivity contribution is -0.118. The summed E-state index contributed by atoms with van der Waals surface area (Å²) in [6.07, 6.45) is 2.15. The number of hydrogen-bond acceptors (Lipinski definition) is 6. The minimum atomic E-state index is -0.574. The number of methoxy groups -OCH3 is 1. The van der Waals surface area contributed by atoms with E-state index in [2.05, 4.69) is 10.2 Å². The maximum absolute atomic E-state index is 12.5. The van der Waals surface area contributed by atoms with E-state index in [1.165, 1.54) is 13.2 Å². The molecule has 0 spiro atoms. The highest BCUT2D eigenvalue weighted by atomic mass is 16.5. The number of nitrogens with one attached hydrogen (secondary N) is 1. The minimum absolute atomic E-state index is 0.260. The van der Waals surface area contributed by atoms with Gasteiger partial charge in [-0.1, -0.05) is 6.07 Å². The summed E-state index contributed by atoms with van der Waals surface area (Å²) in [6.45, 7) is 1.51. The van der Waals surface area contributed by atoms with Gasteiger partial charge in [-0.2, -0.15) is 0 Å². The number of carbonyl (C=O) groups is 3. The second kappa shape index (κ2) is 9.09. The normalized spacial score (nSPS) is 13.1. The number of rotatable bonds is 7.